The van der Waals surface area contributed by atoms with Crippen molar-refractivity contribution < 1.29 is 0 Å². The van der Waals surface area contributed by atoms with Gasteiger partial charge in [0.1, 0.15) is 0 Å². The molecule has 0 aromatic carbocycles. The van der Waals surface area contributed by atoms with E-state index in [1.165, 1.54) is 77.0 Å². The molecule has 2 aliphatic rings. The predicted octanol–water partition coefficient (Wildman–Crippen LogP) is 5.44. The van der Waals surface area contributed by atoms with Crippen LogP contribution in [0, 0.1) is 10.8 Å². The van der Waals surface area contributed by atoms with E-state index in [0.29, 0.717) is 34.8 Å². The maximum Gasteiger partial charge on any atom is 0.188 e. The zero-order chi connectivity index (χ0) is 27.0. The molecule has 7 heteroatoms. The minimum Gasteiger partial charge on any atom is -0.370 e. The van der Waals surface area contributed by atoms with E-state index in [1.807, 2.05) is 0 Å². The Bertz CT molecular complexity index is 615. The first-order valence-corrected chi connectivity index (χ1v) is 15.5. The van der Waals surface area contributed by atoms with Crippen molar-refractivity contribution in [3.05, 3.63) is 0 Å². The van der Waals surface area contributed by atoms with E-state index in [-0.39, 0.29) is 0 Å². The number of nitrogens with zero attached hydrogens (tertiary/aromatic N) is 2. The SMILES string of the molecule is CC1(C)CCCC(N=C(N)NCCCCCCNCCCCCCNC(N)=NC2CCCC(C)(C)C2)C1. The van der Waals surface area contributed by atoms with Gasteiger partial charge in [0.2, 0.25) is 0 Å². The Labute approximate surface area is 228 Å². The van der Waals surface area contributed by atoms with Crippen molar-refractivity contribution in [2.75, 3.05) is 26.2 Å². The van der Waals surface area contributed by atoms with Crippen molar-refractivity contribution in [1.82, 2.24) is 16.0 Å². The van der Waals surface area contributed by atoms with Crippen LogP contribution in [0.25, 0.3) is 0 Å². The van der Waals surface area contributed by atoms with Crippen molar-refractivity contribution in [2.24, 2.45) is 32.3 Å². The van der Waals surface area contributed by atoms with Gasteiger partial charge in [-0.05, 0) is 88.1 Å². The van der Waals surface area contributed by atoms with E-state index >= 15 is 0 Å². The molecule has 0 radical (unpaired) electrons. The molecule has 2 saturated carbocycles. The lowest BCUT2D eigenvalue weighted by Crippen LogP contribution is -2.35. The molecule has 0 spiro atoms. The highest BCUT2D eigenvalue weighted by Gasteiger charge is 2.28. The fourth-order valence-electron chi connectivity index (χ4n) is 6.04. The Hall–Kier alpha value is -1.50. The summed E-state index contributed by atoms with van der Waals surface area (Å²) in [6.07, 6.45) is 19.7. The lowest BCUT2D eigenvalue weighted by atomic mass is 9.75. The largest absolute Gasteiger partial charge is 0.370 e. The molecule has 2 unspecified atom stereocenters. The van der Waals surface area contributed by atoms with Gasteiger partial charge in [0.05, 0.1) is 12.1 Å². The number of hydrogen-bond acceptors (Lipinski definition) is 3. The van der Waals surface area contributed by atoms with Crippen LogP contribution < -0.4 is 27.4 Å². The molecule has 0 heterocycles. The number of nitrogens with two attached hydrogens (primary N) is 2. The summed E-state index contributed by atoms with van der Waals surface area (Å²) in [6, 6.07) is 0.799. The van der Waals surface area contributed by atoms with Gasteiger partial charge in [-0.15, -0.1) is 0 Å². The highest BCUT2D eigenvalue weighted by molar-refractivity contribution is 5.78. The normalized spacial score (nSPS) is 24.1. The summed E-state index contributed by atoms with van der Waals surface area (Å²) in [7, 11) is 0. The summed E-state index contributed by atoms with van der Waals surface area (Å²) in [5.41, 5.74) is 13.0. The second-order valence-electron chi connectivity index (χ2n) is 13.3. The van der Waals surface area contributed by atoms with Gasteiger partial charge >= 0.3 is 0 Å². The third kappa shape index (κ3) is 15.5. The quantitative estimate of drug-likeness (QED) is 0.106. The van der Waals surface area contributed by atoms with Gasteiger partial charge in [-0.2, -0.15) is 0 Å². The van der Waals surface area contributed by atoms with E-state index in [1.54, 1.807) is 0 Å². The molecule has 2 aliphatic carbocycles. The van der Waals surface area contributed by atoms with Crippen LogP contribution in [-0.2, 0) is 0 Å². The van der Waals surface area contributed by atoms with Gasteiger partial charge in [0.25, 0.3) is 0 Å². The Kier molecular flexibility index (Phi) is 14.7. The molecule has 2 fully saturated rings. The monoisotopic (exact) mass is 519 g/mol. The lowest BCUT2D eigenvalue weighted by molar-refractivity contribution is 0.221. The Balaban J connectivity index is 1.33. The van der Waals surface area contributed by atoms with Crippen LogP contribution in [0.2, 0.25) is 0 Å². The van der Waals surface area contributed by atoms with Crippen molar-refractivity contribution in [3.63, 3.8) is 0 Å². The molecule has 2 rings (SSSR count). The smallest absolute Gasteiger partial charge is 0.188 e. The van der Waals surface area contributed by atoms with Gasteiger partial charge < -0.3 is 27.4 Å². The average Bonchev–Trinajstić information content (AvgIpc) is 2.80. The number of guanidine groups is 2. The first kappa shape index (κ1) is 31.7. The molecule has 7 N–H and O–H groups in total. The summed E-state index contributed by atoms with van der Waals surface area (Å²) in [5.74, 6) is 1.28. The van der Waals surface area contributed by atoms with E-state index < -0.39 is 0 Å². The summed E-state index contributed by atoms with van der Waals surface area (Å²) >= 11 is 0. The van der Waals surface area contributed by atoms with Crippen LogP contribution in [0.4, 0.5) is 0 Å². The van der Waals surface area contributed by atoms with E-state index in [2.05, 4.69) is 43.6 Å². The number of nitrogens with one attached hydrogen (secondary N) is 3. The first-order chi connectivity index (χ1) is 17.7. The van der Waals surface area contributed by atoms with Gasteiger partial charge in [-0.1, -0.05) is 66.2 Å². The number of rotatable bonds is 16. The number of aliphatic imine (C=N–C) groups is 2. The molecule has 0 aromatic heterocycles. The summed E-state index contributed by atoms with van der Waals surface area (Å²) in [5, 5.41) is 10.2. The standard InChI is InChI=1S/C30H61N7/c1-29(2)17-13-15-25(23-29)36-27(31)34-21-11-7-5-9-19-33-20-10-6-8-12-22-35-28(32)37-26-16-14-18-30(3,4)24-26/h25-26,33H,5-24H2,1-4H3,(H3,31,34,36)(H3,32,35,37). The number of hydrogen-bond donors (Lipinski definition) is 5. The van der Waals surface area contributed by atoms with E-state index in [9.17, 15) is 0 Å². The van der Waals surface area contributed by atoms with Crippen molar-refractivity contribution in [3.8, 4) is 0 Å². The third-order valence-electron chi connectivity index (χ3n) is 8.17. The molecule has 216 valence electrons. The van der Waals surface area contributed by atoms with Crippen LogP contribution in [0.15, 0.2) is 9.98 Å². The first-order valence-electron chi connectivity index (χ1n) is 15.5. The number of unbranched alkanes of at least 4 members (excludes halogenated alkanes) is 6. The molecular formula is C30H61N7. The highest BCUT2D eigenvalue weighted by Crippen LogP contribution is 2.37. The fraction of sp³-hybridized carbons (Fsp3) is 0.933. The van der Waals surface area contributed by atoms with Crippen LogP contribution >= 0.6 is 0 Å². The Morgan fingerprint density at radius 2 is 1.00 bits per heavy atom. The average molecular weight is 520 g/mol. The van der Waals surface area contributed by atoms with E-state index in [4.69, 9.17) is 21.5 Å². The highest BCUT2D eigenvalue weighted by atomic mass is 15.1. The molecule has 0 bridgehead atoms. The molecule has 2 atom stereocenters. The zero-order valence-corrected chi connectivity index (χ0v) is 24.8. The summed E-state index contributed by atoms with van der Waals surface area (Å²) in [4.78, 5) is 9.45. The molecule has 0 aliphatic heterocycles. The maximum atomic E-state index is 6.11. The second-order valence-corrected chi connectivity index (χ2v) is 13.3. The molecule has 7 nitrogen and oxygen atoms in total. The second kappa shape index (κ2) is 17.2. The van der Waals surface area contributed by atoms with Crippen LogP contribution in [0.1, 0.15) is 130 Å². The van der Waals surface area contributed by atoms with Crippen molar-refractivity contribution in [2.45, 2.75) is 143 Å². The minimum atomic E-state index is 0.399. The molecule has 0 saturated heterocycles. The van der Waals surface area contributed by atoms with Gasteiger partial charge in [-0.3, -0.25) is 9.98 Å². The minimum absolute atomic E-state index is 0.399. The Morgan fingerprint density at radius 1 is 0.622 bits per heavy atom. The zero-order valence-electron chi connectivity index (χ0n) is 24.8. The topological polar surface area (TPSA) is 113 Å². The van der Waals surface area contributed by atoms with Crippen molar-refractivity contribution >= 4 is 11.9 Å². The van der Waals surface area contributed by atoms with Gasteiger partial charge in [0.15, 0.2) is 11.9 Å². The summed E-state index contributed by atoms with van der Waals surface area (Å²) in [6.45, 7) is 13.5. The molecular weight excluding hydrogens is 458 g/mol. The van der Waals surface area contributed by atoms with Crippen molar-refractivity contribution in [1.29, 1.82) is 0 Å². The van der Waals surface area contributed by atoms with Gasteiger partial charge in [-0.25, -0.2) is 0 Å². The fourth-order valence-corrected chi connectivity index (χ4v) is 6.04. The van der Waals surface area contributed by atoms with Crippen LogP contribution in [-0.4, -0.2) is 50.2 Å². The van der Waals surface area contributed by atoms with Crippen LogP contribution in [0.3, 0.4) is 0 Å². The van der Waals surface area contributed by atoms with Crippen LogP contribution in [0.5, 0.6) is 0 Å². The molecule has 37 heavy (non-hydrogen) atoms. The molecule has 0 aromatic rings. The summed E-state index contributed by atoms with van der Waals surface area (Å²) < 4.78 is 0. The predicted molar refractivity (Wildman–Crippen MR) is 161 cm³/mol. The van der Waals surface area contributed by atoms with E-state index in [0.717, 1.165) is 51.9 Å². The third-order valence-corrected chi connectivity index (χ3v) is 8.17. The lowest BCUT2D eigenvalue weighted by Gasteiger charge is -2.33. The van der Waals surface area contributed by atoms with Gasteiger partial charge in [0, 0.05) is 13.1 Å². The maximum absolute atomic E-state index is 6.11. The molecule has 0 amide bonds. The Morgan fingerprint density at radius 3 is 1.38 bits per heavy atom.